The Balaban J connectivity index is 0. The highest BCUT2D eigenvalue weighted by molar-refractivity contribution is 7.18. The monoisotopic (exact) mass is 607 g/mol. The minimum absolute atomic E-state index is 0.116. The van der Waals surface area contributed by atoms with E-state index < -0.39 is 0 Å². The lowest BCUT2D eigenvalue weighted by atomic mass is 9.91. The van der Waals surface area contributed by atoms with E-state index in [0.29, 0.717) is 18.8 Å². The van der Waals surface area contributed by atoms with Gasteiger partial charge in [0.25, 0.3) is 0 Å². The molecule has 2 aromatic rings. The summed E-state index contributed by atoms with van der Waals surface area (Å²) in [5, 5.41) is 10.3. The third-order valence-corrected chi connectivity index (χ3v) is 7.19. The summed E-state index contributed by atoms with van der Waals surface area (Å²) >= 11 is 1.71. The maximum atomic E-state index is 12.5. The van der Waals surface area contributed by atoms with E-state index in [9.17, 15) is 9.59 Å². The molecular formula is C32H57N5O4S. The summed E-state index contributed by atoms with van der Waals surface area (Å²) in [4.78, 5) is 35.3. The number of carbonyl (C=O) groups excluding carboxylic acids is 3. The van der Waals surface area contributed by atoms with Crippen LogP contribution in [0.3, 0.4) is 0 Å². The van der Waals surface area contributed by atoms with Gasteiger partial charge in [-0.3, -0.25) is 14.4 Å². The van der Waals surface area contributed by atoms with Crippen LogP contribution >= 0.6 is 11.3 Å². The zero-order chi connectivity index (χ0) is 32.0. The van der Waals surface area contributed by atoms with E-state index in [0.717, 1.165) is 62.4 Å². The Morgan fingerprint density at radius 3 is 2.29 bits per heavy atom. The van der Waals surface area contributed by atoms with Crippen LogP contribution in [0.2, 0.25) is 0 Å². The highest BCUT2D eigenvalue weighted by Crippen LogP contribution is 2.24. The molecule has 0 spiro atoms. The number of hydrogen-bond acceptors (Lipinski definition) is 8. The van der Waals surface area contributed by atoms with Crippen molar-refractivity contribution in [2.45, 2.75) is 85.6 Å². The molecule has 1 fully saturated rings. The number of thiazole rings is 1. The molecule has 1 unspecified atom stereocenters. The van der Waals surface area contributed by atoms with E-state index in [1.807, 2.05) is 27.9 Å². The Labute approximate surface area is 258 Å². The second-order valence-corrected chi connectivity index (χ2v) is 10.3. The molecule has 3 rings (SSSR count). The van der Waals surface area contributed by atoms with Gasteiger partial charge in [-0.25, -0.2) is 4.98 Å². The van der Waals surface area contributed by atoms with Crippen molar-refractivity contribution in [3.8, 4) is 0 Å². The number of likely N-dealkylation sites (N-methyl/N-ethyl adjacent to an activating group) is 2. The van der Waals surface area contributed by atoms with E-state index in [1.165, 1.54) is 29.2 Å². The summed E-state index contributed by atoms with van der Waals surface area (Å²) < 4.78 is 6.66. The van der Waals surface area contributed by atoms with Crippen LogP contribution in [-0.4, -0.2) is 70.0 Å². The van der Waals surface area contributed by atoms with Gasteiger partial charge in [-0.05, 0) is 63.0 Å². The lowest BCUT2D eigenvalue weighted by Crippen LogP contribution is -2.47. The number of aryl methyl sites for hydroxylation is 2. The zero-order valence-corrected chi connectivity index (χ0v) is 27.9. The van der Waals surface area contributed by atoms with Gasteiger partial charge in [0.05, 0.1) is 15.2 Å². The van der Waals surface area contributed by atoms with Crippen molar-refractivity contribution < 1.29 is 19.1 Å². The van der Waals surface area contributed by atoms with Gasteiger partial charge in [0.1, 0.15) is 6.29 Å². The number of nitrogens with two attached hydrogens (primary N) is 1. The molecule has 1 atom stereocenters. The third-order valence-electron chi connectivity index (χ3n) is 6.11. The molecule has 0 aliphatic carbocycles. The van der Waals surface area contributed by atoms with Crippen molar-refractivity contribution in [2.24, 2.45) is 11.7 Å². The Morgan fingerprint density at radius 1 is 1.12 bits per heavy atom. The van der Waals surface area contributed by atoms with Gasteiger partial charge < -0.3 is 26.4 Å². The van der Waals surface area contributed by atoms with Crippen LogP contribution in [0.5, 0.6) is 0 Å². The summed E-state index contributed by atoms with van der Waals surface area (Å²) in [5.74, 6) is 0.611. The predicted octanol–water partition coefficient (Wildman–Crippen LogP) is 4.82. The number of nitrogens with one attached hydrogen (secondary N) is 3. The number of aldehydes is 1. The van der Waals surface area contributed by atoms with E-state index in [-0.39, 0.29) is 18.4 Å². The Morgan fingerprint density at radius 2 is 1.76 bits per heavy atom. The Kier molecular flexibility index (Phi) is 29.4. The van der Waals surface area contributed by atoms with Crippen LogP contribution in [0.4, 0.5) is 0 Å². The molecule has 1 saturated heterocycles. The number of hydrogen-bond donors (Lipinski definition) is 4. The van der Waals surface area contributed by atoms with Crippen molar-refractivity contribution in [2.75, 3.05) is 40.4 Å². The first-order valence-electron chi connectivity index (χ1n) is 15.2. The van der Waals surface area contributed by atoms with Crippen molar-refractivity contribution in [1.29, 1.82) is 0 Å². The molecule has 5 N–H and O–H groups in total. The number of unbranched alkanes of at least 4 members (excludes halogenated alkanes) is 1. The van der Waals surface area contributed by atoms with Crippen LogP contribution in [0.15, 0.2) is 30.4 Å². The van der Waals surface area contributed by atoms with Gasteiger partial charge in [0.2, 0.25) is 12.3 Å². The Bertz CT molecular complexity index is 960. The quantitative estimate of drug-likeness (QED) is 0.201. The lowest BCUT2D eigenvalue weighted by Gasteiger charge is -2.31. The number of amides is 2. The number of aromatic nitrogens is 1. The number of allylic oxidation sites excluding steroid dienone is 1. The molecule has 0 radical (unpaired) electrons. The molecule has 1 aliphatic rings. The number of rotatable bonds is 12. The fourth-order valence-corrected chi connectivity index (χ4v) is 4.79. The van der Waals surface area contributed by atoms with Crippen LogP contribution < -0.4 is 21.7 Å². The largest absolute Gasteiger partial charge is 0.381 e. The molecule has 240 valence electrons. The molecule has 42 heavy (non-hydrogen) atoms. The first-order valence-corrected chi connectivity index (χ1v) is 16.1. The van der Waals surface area contributed by atoms with E-state index in [1.54, 1.807) is 17.4 Å². The van der Waals surface area contributed by atoms with Crippen molar-refractivity contribution >= 4 is 40.2 Å². The number of nitrogens with zero attached hydrogens (tertiary/aromatic N) is 1. The van der Waals surface area contributed by atoms with Crippen LogP contribution in [0.1, 0.15) is 77.3 Å². The second kappa shape index (κ2) is 29.8. The normalized spacial score (nSPS) is 13.1. The molecule has 1 aromatic heterocycles. The molecule has 10 heteroatoms. The number of ether oxygens (including phenoxy) is 1. The first kappa shape index (κ1) is 41.5. The SMILES string of the molecule is CC.CCCC.CCc1ccc2nc(CCC(=O)NC(CNC)C3CCOCC3)sc2c1.CNC/C=C/C=O.NC=O. The average Bonchev–Trinajstić information content (AvgIpc) is 3.44. The average molecular weight is 608 g/mol. The molecule has 9 nitrogen and oxygen atoms in total. The molecule has 2 heterocycles. The summed E-state index contributed by atoms with van der Waals surface area (Å²) in [7, 11) is 3.76. The minimum atomic E-state index is 0.116. The van der Waals surface area contributed by atoms with Gasteiger partial charge in [-0.1, -0.05) is 59.6 Å². The molecule has 1 aliphatic heterocycles. The van der Waals surface area contributed by atoms with Gasteiger partial charge in [-0.15, -0.1) is 11.3 Å². The van der Waals surface area contributed by atoms with Crippen LogP contribution in [-0.2, 0) is 32.0 Å². The highest BCUT2D eigenvalue weighted by atomic mass is 32.1. The van der Waals surface area contributed by atoms with Gasteiger partial charge >= 0.3 is 0 Å². The van der Waals surface area contributed by atoms with Crippen molar-refractivity contribution in [3.05, 3.63) is 40.9 Å². The van der Waals surface area contributed by atoms with E-state index in [2.05, 4.69) is 65.6 Å². The van der Waals surface area contributed by atoms with E-state index in [4.69, 9.17) is 9.53 Å². The number of fused-ring (bicyclic) bond motifs is 1. The maximum absolute atomic E-state index is 12.5. The van der Waals surface area contributed by atoms with Crippen molar-refractivity contribution in [1.82, 2.24) is 20.9 Å². The predicted molar refractivity (Wildman–Crippen MR) is 178 cm³/mol. The van der Waals surface area contributed by atoms with Crippen molar-refractivity contribution in [3.63, 3.8) is 0 Å². The van der Waals surface area contributed by atoms with E-state index >= 15 is 0 Å². The second-order valence-electron chi connectivity index (χ2n) is 9.20. The fraction of sp³-hybridized carbons (Fsp3) is 0.625. The highest BCUT2D eigenvalue weighted by Gasteiger charge is 2.25. The van der Waals surface area contributed by atoms with Gasteiger partial charge in [0.15, 0.2) is 0 Å². The summed E-state index contributed by atoms with van der Waals surface area (Å²) in [5.41, 5.74) is 6.54. The molecule has 2 amide bonds. The topological polar surface area (TPSA) is 135 Å². The number of carbonyl (C=O) groups is 3. The summed E-state index contributed by atoms with van der Waals surface area (Å²) in [6, 6.07) is 6.61. The number of primary amides is 1. The molecule has 1 aromatic carbocycles. The molecular weight excluding hydrogens is 550 g/mol. The van der Waals surface area contributed by atoms with Crippen LogP contribution in [0.25, 0.3) is 10.2 Å². The smallest absolute Gasteiger partial charge is 0.220 e. The molecule has 0 bridgehead atoms. The maximum Gasteiger partial charge on any atom is 0.220 e. The van der Waals surface area contributed by atoms with Gasteiger partial charge in [0, 0.05) is 45.2 Å². The molecule has 0 saturated carbocycles. The standard InChI is InChI=1S/C20H29N3O2S.C5H9NO.C4H10.C2H6.CH3NO/c1-3-14-4-5-16-18(12-14)26-20(23-16)7-6-19(24)22-17(13-21-2)15-8-10-25-11-9-15;1-6-4-2-3-5-7;1-3-4-2;1-2;2-1-3/h4-5,12,15,17,21H,3,6-11,13H2,1-2H3,(H,22,24);2-3,5-6H,4H2,1H3;3-4H2,1-2H3;1-2H3;1H,(H2,2,3)/b;3-2+;;;. The zero-order valence-electron chi connectivity index (χ0n) is 27.0. The minimum Gasteiger partial charge on any atom is -0.381 e. The Hall–Kier alpha value is -2.66. The first-order chi connectivity index (χ1) is 20.4. The lowest BCUT2D eigenvalue weighted by molar-refractivity contribution is -0.122. The van der Waals surface area contributed by atoms with Gasteiger partial charge in [-0.2, -0.15) is 0 Å². The fourth-order valence-electron chi connectivity index (χ4n) is 3.76. The summed E-state index contributed by atoms with van der Waals surface area (Å²) in [6.07, 6.45) is 11.1. The third kappa shape index (κ3) is 20.3. The number of benzene rings is 1. The summed E-state index contributed by atoms with van der Waals surface area (Å²) in [6.45, 7) is 13.7. The van der Waals surface area contributed by atoms with Crippen LogP contribution in [0, 0.1) is 5.92 Å².